The van der Waals surface area contributed by atoms with Crippen LogP contribution in [0, 0.1) is 13.8 Å². The Balaban J connectivity index is 0.000000553. The Labute approximate surface area is 170 Å². The van der Waals surface area contributed by atoms with Crippen molar-refractivity contribution < 1.29 is 27.9 Å². The van der Waals surface area contributed by atoms with Crippen LogP contribution in [0.5, 0.6) is 0 Å². The molecular weight excluding hydrogens is 405 g/mol. The molecule has 0 aliphatic heterocycles. The maximum Gasteiger partial charge on any atom is 0.490 e. The third-order valence-electron chi connectivity index (χ3n) is 3.35. The van der Waals surface area contributed by atoms with Crippen molar-refractivity contribution in [2.45, 2.75) is 33.0 Å². The summed E-state index contributed by atoms with van der Waals surface area (Å²) in [7, 11) is 0. The number of carboxylic acid groups (broad SMARTS) is 1. The molecule has 0 radical (unpaired) electrons. The normalized spacial score (nSPS) is 11.7. The van der Waals surface area contributed by atoms with Crippen LogP contribution in [0.4, 0.5) is 30.4 Å². The predicted molar refractivity (Wildman–Crippen MR) is 106 cm³/mol. The van der Waals surface area contributed by atoms with Crippen LogP contribution in [0.25, 0.3) is 0 Å². The number of aryl methyl sites for hydroxylation is 2. The van der Waals surface area contributed by atoms with Crippen LogP contribution < -0.4 is 22.1 Å². The second kappa shape index (κ2) is 10.4. The van der Waals surface area contributed by atoms with Crippen molar-refractivity contribution in [2.75, 3.05) is 17.2 Å². The van der Waals surface area contributed by atoms with Gasteiger partial charge in [0.05, 0.1) is 17.6 Å². The number of hydrogen-bond acceptors (Lipinski definition) is 7. The first-order valence-electron chi connectivity index (χ1n) is 8.61. The number of carbonyl (C=O) groups excluding carboxylic acids is 1. The summed E-state index contributed by atoms with van der Waals surface area (Å²) >= 11 is 0. The van der Waals surface area contributed by atoms with Gasteiger partial charge in [-0.05, 0) is 44.5 Å². The highest BCUT2D eigenvalue weighted by Gasteiger charge is 2.38. The van der Waals surface area contributed by atoms with E-state index in [2.05, 4.69) is 20.6 Å². The number of nitrogens with two attached hydrogens (primary N) is 2. The van der Waals surface area contributed by atoms with E-state index in [0.717, 1.165) is 16.9 Å². The van der Waals surface area contributed by atoms with Gasteiger partial charge in [-0.25, -0.2) is 14.8 Å². The Kier molecular flexibility index (Phi) is 8.53. The van der Waals surface area contributed by atoms with Crippen LogP contribution in [0.1, 0.15) is 28.7 Å². The number of primary amides is 1. The average Bonchev–Trinajstić information content (AvgIpc) is 2.58. The van der Waals surface area contributed by atoms with Gasteiger partial charge in [-0.3, -0.25) is 4.79 Å². The second-order valence-electron chi connectivity index (χ2n) is 6.44. The number of aliphatic carboxylic acids is 1. The maximum absolute atomic E-state index is 11.6. The van der Waals surface area contributed by atoms with Crippen molar-refractivity contribution in [2.24, 2.45) is 11.5 Å². The van der Waals surface area contributed by atoms with Gasteiger partial charge in [-0.15, -0.1) is 0 Å². The molecule has 0 spiro atoms. The number of hydrogen-bond donors (Lipinski definition) is 5. The highest BCUT2D eigenvalue weighted by atomic mass is 19.4. The van der Waals surface area contributed by atoms with Gasteiger partial charge in [0.1, 0.15) is 5.82 Å². The minimum absolute atomic E-state index is 0.00307. The molecule has 7 N–H and O–H groups in total. The van der Waals surface area contributed by atoms with Crippen LogP contribution in [0.2, 0.25) is 0 Å². The Morgan fingerprint density at radius 1 is 1.23 bits per heavy atom. The number of nitrogens with one attached hydrogen (secondary N) is 2. The van der Waals surface area contributed by atoms with Gasteiger partial charge in [-0.1, -0.05) is 0 Å². The second-order valence-corrected chi connectivity index (χ2v) is 6.44. The van der Waals surface area contributed by atoms with E-state index in [1.54, 1.807) is 12.3 Å². The first-order chi connectivity index (χ1) is 13.8. The first kappa shape index (κ1) is 24.6. The molecule has 0 fully saturated rings. The lowest BCUT2D eigenvalue weighted by Gasteiger charge is -2.14. The summed E-state index contributed by atoms with van der Waals surface area (Å²) in [4.78, 5) is 29.0. The summed E-state index contributed by atoms with van der Waals surface area (Å²) in [6.07, 6.45) is -3.53. The molecule has 0 aliphatic rings. The van der Waals surface area contributed by atoms with Crippen LogP contribution in [-0.4, -0.2) is 45.7 Å². The standard InChI is InChI=1S/C16H22N6O.C2HF3O2/c1-9-4-11(3)21-14(5-9)22-13-6-12(19-7-10(2)17)8-20-15(13)16(18)23;3-2(4,5)1(6)7/h4-6,8,10,19H,7,17H2,1-3H3,(H2,18,23)(H,21,22);(H,6,7)/t10-;/m0./s1. The SMILES string of the molecule is Cc1cc(C)nc(Nc2cc(NC[C@H](C)N)cnc2C(N)=O)c1.O=C(O)C(F)(F)F. The van der Waals surface area contributed by atoms with E-state index in [-0.39, 0.29) is 11.7 Å². The van der Waals surface area contributed by atoms with Crippen LogP contribution in [0.15, 0.2) is 24.4 Å². The molecule has 1 atom stereocenters. The third kappa shape index (κ3) is 8.31. The van der Waals surface area contributed by atoms with Crippen LogP contribution in [0.3, 0.4) is 0 Å². The molecule has 9 nitrogen and oxygen atoms in total. The lowest BCUT2D eigenvalue weighted by Crippen LogP contribution is -2.25. The minimum atomic E-state index is -5.08. The number of rotatable bonds is 6. The summed E-state index contributed by atoms with van der Waals surface area (Å²) in [5, 5.41) is 13.4. The van der Waals surface area contributed by atoms with Crippen molar-refractivity contribution in [3.8, 4) is 0 Å². The highest BCUT2D eigenvalue weighted by Crippen LogP contribution is 2.23. The van der Waals surface area contributed by atoms with E-state index in [1.807, 2.05) is 32.9 Å². The van der Waals surface area contributed by atoms with Crippen molar-refractivity contribution in [1.29, 1.82) is 0 Å². The quantitative estimate of drug-likeness (QED) is 0.469. The molecule has 0 bridgehead atoms. The molecule has 2 aromatic rings. The predicted octanol–water partition coefficient (Wildman–Crippen LogP) is 2.33. The largest absolute Gasteiger partial charge is 0.490 e. The molecule has 2 rings (SSSR count). The fourth-order valence-electron chi connectivity index (χ4n) is 2.18. The van der Waals surface area contributed by atoms with E-state index >= 15 is 0 Å². The van der Waals surface area contributed by atoms with E-state index in [9.17, 15) is 18.0 Å². The fourth-order valence-corrected chi connectivity index (χ4v) is 2.18. The Morgan fingerprint density at radius 3 is 2.30 bits per heavy atom. The topological polar surface area (TPSA) is 156 Å². The monoisotopic (exact) mass is 428 g/mol. The van der Waals surface area contributed by atoms with E-state index in [1.165, 1.54) is 0 Å². The number of nitrogens with zero attached hydrogens (tertiary/aromatic N) is 2. The van der Waals surface area contributed by atoms with Gasteiger partial charge in [0.25, 0.3) is 5.91 Å². The van der Waals surface area contributed by atoms with E-state index in [4.69, 9.17) is 21.4 Å². The minimum Gasteiger partial charge on any atom is -0.475 e. The zero-order valence-electron chi connectivity index (χ0n) is 16.5. The smallest absolute Gasteiger partial charge is 0.475 e. The zero-order chi connectivity index (χ0) is 23.1. The van der Waals surface area contributed by atoms with Crippen molar-refractivity contribution >= 4 is 29.1 Å². The molecule has 0 saturated carbocycles. The number of alkyl halides is 3. The van der Waals surface area contributed by atoms with E-state index < -0.39 is 18.1 Å². The van der Waals surface area contributed by atoms with Gasteiger partial charge in [-0.2, -0.15) is 13.2 Å². The molecule has 0 aliphatic carbocycles. The highest BCUT2D eigenvalue weighted by molar-refractivity contribution is 5.97. The molecule has 0 saturated heterocycles. The lowest BCUT2D eigenvalue weighted by molar-refractivity contribution is -0.192. The lowest BCUT2D eigenvalue weighted by atomic mass is 10.2. The van der Waals surface area contributed by atoms with Crippen LogP contribution >= 0.6 is 0 Å². The van der Waals surface area contributed by atoms with Crippen molar-refractivity contribution in [1.82, 2.24) is 9.97 Å². The average molecular weight is 428 g/mol. The molecule has 1 amide bonds. The summed E-state index contributed by atoms with van der Waals surface area (Å²) in [5.41, 5.74) is 14.5. The van der Waals surface area contributed by atoms with Crippen molar-refractivity contribution in [3.63, 3.8) is 0 Å². The van der Waals surface area contributed by atoms with Gasteiger partial charge in [0, 0.05) is 18.3 Å². The summed E-state index contributed by atoms with van der Waals surface area (Å²) in [6.45, 7) is 6.38. The van der Waals surface area contributed by atoms with Gasteiger partial charge in [0.2, 0.25) is 0 Å². The number of carbonyl (C=O) groups is 2. The van der Waals surface area contributed by atoms with Gasteiger partial charge < -0.3 is 27.2 Å². The number of halogens is 3. The third-order valence-corrected chi connectivity index (χ3v) is 3.35. The molecule has 0 aromatic carbocycles. The molecular formula is C18H23F3N6O3. The Morgan fingerprint density at radius 2 is 1.83 bits per heavy atom. The molecule has 12 heteroatoms. The van der Waals surface area contributed by atoms with E-state index in [0.29, 0.717) is 18.1 Å². The Hall–Kier alpha value is -3.41. The zero-order valence-corrected chi connectivity index (χ0v) is 16.5. The number of aromatic nitrogens is 2. The molecule has 30 heavy (non-hydrogen) atoms. The van der Waals surface area contributed by atoms with Crippen LogP contribution in [-0.2, 0) is 4.79 Å². The number of carboxylic acids is 1. The number of amides is 1. The Bertz CT molecular complexity index is 883. The fraction of sp³-hybridized carbons (Fsp3) is 0.333. The molecule has 164 valence electrons. The summed E-state index contributed by atoms with van der Waals surface area (Å²) in [6, 6.07) is 5.64. The number of anilines is 3. The molecule has 2 aromatic heterocycles. The summed E-state index contributed by atoms with van der Waals surface area (Å²) < 4.78 is 31.7. The van der Waals surface area contributed by atoms with Gasteiger partial charge in [0.15, 0.2) is 5.69 Å². The molecule has 0 unspecified atom stereocenters. The maximum atomic E-state index is 11.6. The summed E-state index contributed by atoms with van der Waals surface area (Å²) in [5.74, 6) is -2.72. The molecule has 2 heterocycles. The first-order valence-corrected chi connectivity index (χ1v) is 8.61. The number of pyridine rings is 2. The van der Waals surface area contributed by atoms with Gasteiger partial charge >= 0.3 is 12.1 Å². The van der Waals surface area contributed by atoms with Crippen molar-refractivity contribution in [3.05, 3.63) is 41.3 Å².